The number of methoxy groups -OCH3 is 1. The van der Waals surface area contributed by atoms with Gasteiger partial charge in [-0.2, -0.15) is 0 Å². The maximum atomic E-state index is 13.1. The summed E-state index contributed by atoms with van der Waals surface area (Å²) < 4.78 is 7.20. The van der Waals surface area contributed by atoms with Crippen LogP contribution in [-0.4, -0.2) is 22.4 Å². The molecular formula is C23H22N4O2. The molecule has 4 aromatic rings. The van der Waals surface area contributed by atoms with Gasteiger partial charge in [-0.25, -0.2) is 4.98 Å². The van der Waals surface area contributed by atoms with Crippen LogP contribution in [0, 0.1) is 0 Å². The molecule has 0 saturated heterocycles. The molecule has 1 unspecified atom stereocenters. The van der Waals surface area contributed by atoms with Gasteiger partial charge in [-0.1, -0.05) is 42.5 Å². The van der Waals surface area contributed by atoms with E-state index in [1.54, 1.807) is 13.2 Å². The minimum Gasteiger partial charge on any atom is -0.497 e. The van der Waals surface area contributed by atoms with E-state index in [1.165, 1.54) is 0 Å². The van der Waals surface area contributed by atoms with Gasteiger partial charge in [0.05, 0.1) is 12.8 Å². The first-order valence-corrected chi connectivity index (χ1v) is 9.39. The minimum atomic E-state index is -0.521. The molecule has 29 heavy (non-hydrogen) atoms. The van der Waals surface area contributed by atoms with Crippen molar-refractivity contribution in [3.8, 4) is 5.75 Å². The number of imidazole rings is 1. The summed E-state index contributed by atoms with van der Waals surface area (Å²) in [4.78, 5) is 17.7. The third-order valence-corrected chi connectivity index (χ3v) is 4.63. The Morgan fingerprint density at radius 2 is 1.90 bits per heavy atom. The number of hydrogen-bond acceptors (Lipinski definition) is 4. The molecule has 6 nitrogen and oxygen atoms in total. The minimum absolute atomic E-state index is 0.145. The van der Waals surface area contributed by atoms with E-state index >= 15 is 0 Å². The van der Waals surface area contributed by atoms with Crippen LogP contribution in [0.1, 0.15) is 17.3 Å². The molecule has 2 aromatic heterocycles. The fourth-order valence-electron chi connectivity index (χ4n) is 3.20. The van der Waals surface area contributed by atoms with Crippen LogP contribution in [0.3, 0.4) is 0 Å². The first kappa shape index (κ1) is 18.7. The number of aromatic nitrogens is 2. The molecule has 146 valence electrons. The fourth-order valence-corrected chi connectivity index (χ4v) is 3.20. The van der Waals surface area contributed by atoms with E-state index in [1.807, 2.05) is 83.5 Å². The number of rotatable bonds is 7. The molecule has 0 aliphatic rings. The number of carbonyl (C=O) groups is 1. The molecule has 6 heteroatoms. The lowest BCUT2D eigenvalue weighted by Crippen LogP contribution is -2.32. The second-order valence-electron chi connectivity index (χ2n) is 6.64. The summed E-state index contributed by atoms with van der Waals surface area (Å²) in [6.07, 6.45) is 3.92. The van der Waals surface area contributed by atoms with Gasteiger partial charge in [0.1, 0.15) is 17.4 Å². The zero-order valence-electron chi connectivity index (χ0n) is 16.1. The average molecular weight is 386 g/mol. The predicted octanol–water partition coefficient (Wildman–Crippen LogP) is 3.81. The van der Waals surface area contributed by atoms with Crippen LogP contribution in [0.15, 0.2) is 85.2 Å². The van der Waals surface area contributed by atoms with E-state index < -0.39 is 6.04 Å². The highest BCUT2D eigenvalue weighted by atomic mass is 16.5. The Hall–Kier alpha value is -3.64. The van der Waals surface area contributed by atoms with E-state index in [-0.39, 0.29) is 5.91 Å². The van der Waals surface area contributed by atoms with E-state index in [0.29, 0.717) is 18.0 Å². The molecule has 0 fully saturated rings. The summed E-state index contributed by atoms with van der Waals surface area (Å²) in [5.41, 5.74) is 3.31. The second-order valence-corrected chi connectivity index (χ2v) is 6.64. The van der Waals surface area contributed by atoms with E-state index in [2.05, 4.69) is 15.6 Å². The maximum absolute atomic E-state index is 13.1. The number of amides is 1. The molecule has 0 spiro atoms. The Labute approximate surface area is 169 Å². The topological polar surface area (TPSA) is 67.7 Å². The van der Waals surface area contributed by atoms with Crippen LogP contribution in [0.2, 0.25) is 0 Å². The van der Waals surface area contributed by atoms with E-state index in [0.717, 1.165) is 16.9 Å². The summed E-state index contributed by atoms with van der Waals surface area (Å²) in [7, 11) is 1.60. The quantitative estimate of drug-likeness (QED) is 0.507. The zero-order chi connectivity index (χ0) is 20.1. The summed E-state index contributed by atoms with van der Waals surface area (Å²) in [6.45, 7) is 0.465. The highest BCUT2D eigenvalue weighted by Gasteiger charge is 2.20. The monoisotopic (exact) mass is 386 g/mol. The number of anilines is 1. The number of benzene rings is 2. The van der Waals surface area contributed by atoms with Crippen molar-refractivity contribution in [2.75, 3.05) is 12.4 Å². The Morgan fingerprint density at radius 3 is 2.69 bits per heavy atom. The van der Waals surface area contributed by atoms with Crippen LogP contribution >= 0.6 is 0 Å². The molecule has 0 saturated carbocycles. The van der Waals surface area contributed by atoms with Gasteiger partial charge in [-0.15, -0.1) is 0 Å². The molecule has 2 aromatic carbocycles. The predicted molar refractivity (Wildman–Crippen MR) is 113 cm³/mol. The van der Waals surface area contributed by atoms with Gasteiger partial charge in [0, 0.05) is 30.7 Å². The second kappa shape index (κ2) is 8.58. The largest absolute Gasteiger partial charge is 0.497 e. The molecule has 4 rings (SSSR count). The number of fused-ring (bicyclic) bond motifs is 1. The van der Waals surface area contributed by atoms with Gasteiger partial charge >= 0.3 is 0 Å². The molecule has 2 N–H and O–H groups in total. The summed E-state index contributed by atoms with van der Waals surface area (Å²) in [5, 5.41) is 6.31. The summed E-state index contributed by atoms with van der Waals surface area (Å²) in [6, 6.07) is 22.3. The van der Waals surface area contributed by atoms with Crippen molar-refractivity contribution in [2.24, 2.45) is 0 Å². The Balaban J connectivity index is 1.53. The van der Waals surface area contributed by atoms with Gasteiger partial charge in [0.2, 0.25) is 5.91 Å². The molecule has 0 radical (unpaired) electrons. The van der Waals surface area contributed by atoms with Gasteiger partial charge in [-0.3, -0.25) is 10.1 Å². The Bertz CT molecular complexity index is 1080. The van der Waals surface area contributed by atoms with Crippen LogP contribution in [-0.2, 0) is 11.3 Å². The number of nitrogens with one attached hydrogen (secondary N) is 2. The third-order valence-electron chi connectivity index (χ3n) is 4.63. The molecular weight excluding hydrogens is 364 g/mol. The number of carbonyl (C=O) groups excluding carboxylic acids is 1. The van der Waals surface area contributed by atoms with Crippen molar-refractivity contribution in [3.63, 3.8) is 0 Å². The third kappa shape index (κ3) is 4.44. The summed E-state index contributed by atoms with van der Waals surface area (Å²) in [5.74, 6) is 0.546. The zero-order valence-corrected chi connectivity index (χ0v) is 16.1. The van der Waals surface area contributed by atoms with Gasteiger partial charge in [-0.05, 0) is 29.8 Å². The smallest absolute Gasteiger partial charge is 0.246 e. The van der Waals surface area contributed by atoms with Crippen molar-refractivity contribution in [1.29, 1.82) is 0 Å². The van der Waals surface area contributed by atoms with Crippen LogP contribution in [0.4, 0.5) is 5.69 Å². The van der Waals surface area contributed by atoms with Crippen LogP contribution in [0.25, 0.3) is 5.65 Å². The lowest BCUT2D eigenvalue weighted by Gasteiger charge is -2.18. The lowest BCUT2D eigenvalue weighted by atomic mass is 10.1. The van der Waals surface area contributed by atoms with E-state index in [4.69, 9.17) is 4.74 Å². The number of hydrogen-bond donors (Lipinski definition) is 2. The highest BCUT2D eigenvalue weighted by molar-refractivity contribution is 5.95. The Morgan fingerprint density at radius 1 is 1.07 bits per heavy atom. The van der Waals surface area contributed by atoms with Gasteiger partial charge in [0.25, 0.3) is 0 Å². The van der Waals surface area contributed by atoms with Gasteiger partial charge in [0.15, 0.2) is 0 Å². The molecule has 1 atom stereocenters. The van der Waals surface area contributed by atoms with Crippen LogP contribution < -0.4 is 15.4 Å². The molecule has 0 aliphatic heterocycles. The van der Waals surface area contributed by atoms with Crippen molar-refractivity contribution < 1.29 is 9.53 Å². The van der Waals surface area contributed by atoms with Crippen molar-refractivity contribution in [2.45, 2.75) is 12.6 Å². The first-order valence-electron chi connectivity index (χ1n) is 9.39. The number of nitrogens with zero attached hydrogens (tertiary/aromatic N) is 2. The maximum Gasteiger partial charge on any atom is 0.246 e. The molecule has 0 aliphatic carbocycles. The van der Waals surface area contributed by atoms with Gasteiger partial charge < -0.3 is 14.5 Å². The average Bonchev–Trinajstić information content (AvgIpc) is 3.18. The first-order chi connectivity index (χ1) is 14.2. The standard InChI is InChI=1S/C23H22N4O2/c1-29-20-11-7-10-18(14-20)26-23(28)22(17-8-3-2-4-9-17)24-15-19-16-27-13-6-5-12-21(27)25-19/h2-14,16,22,24H,15H2,1H3,(H,26,28). The lowest BCUT2D eigenvalue weighted by molar-refractivity contribution is -0.118. The van der Waals surface area contributed by atoms with Crippen LogP contribution in [0.5, 0.6) is 5.75 Å². The number of ether oxygens (including phenoxy) is 1. The molecule has 1 amide bonds. The Kier molecular flexibility index (Phi) is 5.54. The SMILES string of the molecule is COc1cccc(NC(=O)C(NCc2cn3ccccc3n2)c2ccccc2)c1. The van der Waals surface area contributed by atoms with Crippen molar-refractivity contribution in [3.05, 3.63) is 96.4 Å². The fraction of sp³-hybridized carbons (Fsp3) is 0.130. The van der Waals surface area contributed by atoms with E-state index in [9.17, 15) is 4.79 Å². The highest BCUT2D eigenvalue weighted by Crippen LogP contribution is 2.20. The summed E-state index contributed by atoms with van der Waals surface area (Å²) >= 11 is 0. The van der Waals surface area contributed by atoms with Crippen molar-refractivity contribution >= 4 is 17.2 Å². The number of pyridine rings is 1. The molecule has 2 heterocycles. The molecule has 0 bridgehead atoms. The van der Waals surface area contributed by atoms with Crippen molar-refractivity contribution in [1.82, 2.24) is 14.7 Å². The normalized spacial score (nSPS) is 11.9.